The van der Waals surface area contributed by atoms with E-state index in [1.54, 1.807) is 4.90 Å². The molecule has 0 spiro atoms. The number of urea groups is 1. The van der Waals surface area contributed by atoms with Crippen LogP contribution in [0.5, 0.6) is 0 Å². The quantitative estimate of drug-likeness (QED) is 0.661. The van der Waals surface area contributed by atoms with Crippen molar-refractivity contribution in [1.82, 2.24) is 10.2 Å². The van der Waals surface area contributed by atoms with Crippen LogP contribution in [0.2, 0.25) is 0 Å². The Morgan fingerprint density at radius 1 is 1.16 bits per heavy atom. The first-order valence-corrected chi connectivity index (χ1v) is 6.70. The summed E-state index contributed by atoms with van der Waals surface area (Å²) < 4.78 is 0. The average molecular weight is 272 g/mol. The van der Waals surface area contributed by atoms with Gasteiger partial charge in [-0.05, 0) is 33.1 Å². The summed E-state index contributed by atoms with van der Waals surface area (Å²) in [5, 5.41) is 10.8. The Morgan fingerprint density at radius 3 is 2.21 bits per heavy atom. The number of hydrogen-bond acceptors (Lipinski definition) is 3. The number of unbranched alkanes of at least 4 members (excludes halogenated alkanes) is 1. The summed E-state index contributed by atoms with van der Waals surface area (Å²) >= 11 is 0. The highest BCUT2D eigenvalue weighted by molar-refractivity contribution is 5.94. The summed E-state index contributed by atoms with van der Waals surface area (Å²) in [6.45, 7) is 6.37. The maximum absolute atomic E-state index is 11.8. The normalized spacial score (nSPS) is 10.3. The molecule has 0 fully saturated rings. The third-order valence-electron chi connectivity index (χ3n) is 2.64. The number of nitrogens with zero attached hydrogens (tertiary/aromatic N) is 1. The third-order valence-corrected chi connectivity index (χ3v) is 2.64. The van der Waals surface area contributed by atoms with Crippen LogP contribution in [0.4, 0.5) is 4.79 Å². The van der Waals surface area contributed by atoms with E-state index in [9.17, 15) is 14.4 Å². The van der Waals surface area contributed by atoms with Gasteiger partial charge in [0.25, 0.3) is 0 Å². The Morgan fingerprint density at radius 2 is 1.74 bits per heavy atom. The van der Waals surface area contributed by atoms with Crippen molar-refractivity contribution in [2.75, 3.05) is 6.54 Å². The molecular formula is C13H24N2O4. The molecule has 0 atom stereocenters. The van der Waals surface area contributed by atoms with Crippen LogP contribution in [0, 0.1) is 0 Å². The van der Waals surface area contributed by atoms with Gasteiger partial charge in [-0.2, -0.15) is 0 Å². The molecule has 0 unspecified atom stereocenters. The zero-order valence-corrected chi connectivity index (χ0v) is 11.9. The molecule has 19 heavy (non-hydrogen) atoms. The molecule has 0 aliphatic carbocycles. The lowest BCUT2D eigenvalue weighted by molar-refractivity contribution is -0.137. The van der Waals surface area contributed by atoms with Crippen LogP contribution in [-0.4, -0.2) is 40.5 Å². The smallest absolute Gasteiger partial charge is 0.324 e. The van der Waals surface area contributed by atoms with Gasteiger partial charge >= 0.3 is 12.0 Å². The van der Waals surface area contributed by atoms with Crippen LogP contribution >= 0.6 is 0 Å². The van der Waals surface area contributed by atoms with Gasteiger partial charge in [0.2, 0.25) is 5.91 Å². The zero-order valence-electron chi connectivity index (χ0n) is 11.9. The molecule has 0 bridgehead atoms. The van der Waals surface area contributed by atoms with E-state index in [0.717, 1.165) is 6.42 Å². The second-order valence-electron chi connectivity index (χ2n) is 4.74. The highest BCUT2D eigenvalue weighted by Crippen LogP contribution is 2.02. The molecular weight excluding hydrogens is 248 g/mol. The van der Waals surface area contributed by atoms with Gasteiger partial charge in [0.05, 0.1) is 0 Å². The molecule has 2 N–H and O–H groups in total. The Bertz CT molecular complexity index is 316. The second kappa shape index (κ2) is 9.35. The number of amides is 3. The molecule has 6 heteroatoms. The molecule has 0 aliphatic rings. The molecule has 0 aromatic carbocycles. The summed E-state index contributed by atoms with van der Waals surface area (Å²) in [6.07, 6.45) is 1.98. The van der Waals surface area contributed by atoms with Crippen LogP contribution in [-0.2, 0) is 9.59 Å². The molecule has 3 amide bonds. The molecule has 0 saturated carbocycles. The minimum absolute atomic E-state index is 0.0414. The number of carboxylic acid groups (broad SMARTS) is 1. The summed E-state index contributed by atoms with van der Waals surface area (Å²) in [4.78, 5) is 35.3. The summed E-state index contributed by atoms with van der Waals surface area (Å²) in [7, 11) is 0. The third kappa shape index (κ3) is 8.18. The van der Waals surface area contributed by atoms with Crippen LogP contribution in [0.15, 0.2) is 0 Å². The Labute approximate surface area is 114 Å². The van der Waals surface area contributed by atoms with E-state index in [1.807, 2.05) is 20.8 Å². The first-order chi connectivity index (χ1) is 8.88. The van der Waals surface area contributed by atoms with Crippen LogP contribution in [0.3, 0.4) is 0 Å². The highest BCUT2D eigenvalue weighted by Gasteiger charge is 2.17. The number of carbonyl (C=O) groups excluding carboxylic acids is 2. The van der Waals surface area contributed by atoms with Crippen molar-refractivity contribution in [2.45, 2.75) is 58.9 Å². The van der Waals surface area contributed by atoms with Crippen molar-refractivity contribution < 1.29 is 19.5 Å². The van der Waals surface area contributed by atoms with Gasteiger partial charge in [-0.25, -0.2) is 4.79 Å². The first-order valence-electron chi connectivity index (χ1n) is 6.70. The number of carbonyl (C=O) groups is 3. The van der Waals surface area contributed by atoms with Gasteiger partial charge in [-0.3, -0.25) is 14.9 Å². The van der Waals surface area contributed by atoms with E-state index in [-0.39, 0.29) is 30.8 Å². The fourth-order valence-corrected chi connectivity index (χ4v) is 1.65. The molecule has 110 valence electrons. The molecule has 0 aromatic rings. The fourth-order valence-electron chi connectivity index (χ4n) is 1.65. The van der Waals surface area contributed by atoms with E-state index in [2.05, 4.69) is 5.32 Å². The standard InChI is InChI=1S/C13H24N2O4/c1-4-9-15(10(2)3)13(19)14-11(16)7-5-6-8-12(17)18/h10H,4-9H2,1-3H3,(H,17,18)(H,14,16,19). The summed E-state index contributed by atoms with van der Waals surface area (Å²) in [5.74, 6) is -1.22. The largest absolute Gasteiger partial charge is 0.481 e. The van der Waals surface area contributed by atoms with Crippen molar-refractivity contribution in [2.24, 2.45) is 0 Å². The highest BCUT2D eigenvalue weighted by atomic mass is 16.4. The molecule has 0 aliphatic heterocycles. The molecule has 6 nitrogen and oxygen atoms in total. The van der Waals surface area contributed by atoms with Crippen molar-refractivity contribution in [3.05, 3.63) is 0 Å². The van der Waals surface area contributed by atoms with E-state index in [4.69, 9.17) is 5.11 Å². The zero-order chi connectivity index (χ0) is 14.8. The van der Waals surface area contributed by atoms with Crippen LogP contribution in [0.1, 0.15) is 52.9 Å². The van der Waals surface area contributed by atoms with Crippen molar-refractivity contribution in [3.8, 4) is 0 Å². The van der Waals surface area contributed by atoms with Gasteiger partial charge in [-0.15, -0.1) is 0 Å². The molecule has 0 heterocycles. The number of rotatable bonds is 8. The van der Waals surface area contributed by atoms with Crippen LogP contribution < -0.4 is 5.32 Å². The lowest BCUT2D eigenvalue weighted by Gasteiger charge is -2.26. The van der Waals surface area contributed by atoms with Crippen molar-refractivity contribution in [3.63, 3.8) is 0 Å². The Kier molecular flexibility index (Phi) is 8.57. The molecule has 0 aromatic heterocycles. The summed E-state index contributed by atoms with van der Waals surface area (Å²) in [5.41, 5.74) is 0. The van der Waals surface area contributed by atoms with E-state index in [1.165, 1.54) is 0 Å². The monoisotopic (exact) mass is 272 g/mol. The number of nitrogens with one attached hydrogen (secondary N) is 1. The molecule has 0 radical (unpaired) electrons. The lowest BCUT2D eigenvalue weighted by atomic mass is 10.2. The molecule has 0 saturated heterocycles. The topological polar surface area (TPSA) is 86.7 Å². The Hall–Kier alpha value is -1.59. The fraction of sp³-hybridized carbons (Fsp3) is 0.769. The maximum Gasteiger partial charge on any atom is 0.324 e. The van der Waals surface area contributed by atoms with Crippen molar-refractivity contribution in [1.29, 1.82) is 0 Å². The predicted octanol–water partition coefficient (Wildman–Crippen LogP) is 1.99. The maximum atomic E-state index is 11.8. The summed E-state index contributed by atoms with van der Waals surface area (Å²) in [6, 6.07) is -0.333. The second-order valence-corrected chi connectivity index (χ2v) is 4.74. The van der Waals surface area contributed by atoms with Crippen LogP contribution in [0.25, 0.3) is 0 Å². The number of aliphatic carboxylic acids is 1. The van der Waals surface area contributed by atoms with Gasteiger partial charge in [-0.1, -0.05) is 6.92 Å². The minimum atomic E-state index is -0.870. The van der Waals surface area contributed by atoms with E-state index < -0.39 is 5.97 Å². The predicted molar refractivity (Wildman–Crippen MR) is 71.8 cm³/mol. The van der Waals surface area contributed by atoms with Crippen molar-refractivity contribution >= 4 is 17.9 Å². The molecule has 0 rings (SSSR count). The minimum Gasteiger partial charge on any atom is -0.481 e. The number of imide groups is 1. The average Bonchev–Trinajstić information content (AvgIpc) is 2.30. The Balaban J connectivity index is 4.02. The van der Waals surface area contributed by atoms with E-state index >= 15 is 0 Å². The SMILES string of the molecule is CCCN(C(=O)NC(=O)CCCCC(=O)O)C(C)C. The number of hydrogen-bond donors (Lipinski definition) is 2. The van der Waals surface area contributed by atoms with Gasteiger partial charge in [0.1, 0.15) is 0 Å². The van der Waals surface area contributed by atoms with E-state index in [0.29, 0.717) is 19.4 Å². The lowest BCUT2D eigenvalue weighted by Crippen LogP contribution is -2.46. The number of carboxylic acids is 1. The van der Waals surface area contributed by atoms with Gasteiger partial charge < -0.3 is 10.0 Å². The van der Waals surface area contributed by atoms with Gasteiger partial charge in [0, 0.05) is 25.4 Å². The first kappa shape index (κ1) is 17.4. The van der Waals surface area contributed by atoms with Gasteiger partial charge in [0.15, 0.2) is 0 Å².